The molecule has 0 aromatic rings. The fourth-order valence-electron chi connectivity index (χ4n) is 2.43. The van der Waals surface area contributed by atoms with Crippen LogP contribution in [0.25, 0.3) is 0 Å². The van der Waals surface area contributed by atoms with Gasteiger partial charge in [-0.1, -0.05) is 6.42 Å². The molecule has 2 fully saturated rings. The third-order valence-electron chi connectivity index (χ3n) is 3.84. The van der Waals surface area contributed by atoms with Crippen molar-refractivity contribution in [2.75, 3.05) is 19.8 Å². The van der Waals surface area contributed by atoms with Crippen molar-refractivity contribution in [3.8, 4) is 0 Å². The number of hydrogen-bond donors (Lipinski definition) is 2. The molecule has 1 saturated carbocycles. The Morgan fingerprint density at radius 3 is 2.65 bits per heavy atom. The first-order chi connectivity index (χ1) is 8.11. The molecule has 0 aromatic heterocycles. The topological polar surface area (TPSA) is 50.7 Å². The van der Waals surface area contributed by atoms with Crippen LogP contribution < -0.4 is 5.32 Å². The highest BCUT2D eigenvalue weighted by atomic mass is 16.7. The first-order valence-corrected chi connectivity index (χ1v) is 6.77. The van der Waals surface area contributed by atoms with Crippen molar-refractivity contribution in [1.82, 2.24) is 5.32 Å². The second kappa shape index (κ2) is 5.65. The van der Waals surface area contributed by atoms with E-state index in [1.165, 1.54) is 19.3 Å². The first kappa shape index (κ1) is 13.3. The van der Waals surface area contributed by atoms with Gasteiger partial charge in [0.1, 0.15) is 0 Å². The summed E-state index contributed by atoms with van der Waals surface area (Å²) in [5.74, 6) is -0.302. The van der Waals surface area contributed by atoms with Crippen molar-refractivity contribution in [3.05, 3.63) is 0 Å². The van der Waals surface area contributed by atoms with Gasteiger partial charge in [0.15, 0.2) is 5.79 Å². The zero-order valence-corrected chi connectivity index (χ0v) is 10.9. The Balaban J connectivity index is 1.68. The van der Waals surface area contributed by atoms with Gasteiger partial charge in [-0.3, -0.25) is 0 Å². The fraction of sp³-hybridized carbons (Fsp3) is 1.00. The Morgan fingerprint density at radius 1 is 1.41 bits per heavy atom. The molecule has 1 saturated heterocycles. The summed E-state index contributed by atoms with van der Waals surface area (Å²) in [5.41, 5.74) is 0. The Hall–Kier alpha value is -0.160. The Kier molecular flexibility index (Phi) is 4.42. The van der Waals surface area contributed by atoms with E-state index in [1.54, 1.807) is 0 Å². The van der Waals surface area contributed by atoms with Crippen LogP contribution in [0.1, 0.15) is 39.5 Å². The second-order valence-corrected chi connectivity index (χ2v) is 5.68. The molecule has 0 radical (unpaired) electrons. The average molecular weight is 243 g/mol. The molecule has 2 aliphatic rings. The van der Waals surface area contributed by atoms with Crippen LogP contribution in [0.2, 0.25) is 0 Å². The predicted molar refractivity (Wildman–Crippen MR) is 65.7 cm³/mol. The Labute approximate surface area is 104 Å². The number of aliphatic hydroxyl groups excluding tert-OH is 1. The molecule has 4 nitrogen and oxygen atoms in total. The van der Waals surface area contributed by atoms with Crippen LogP contribution in [0.3, 0.4) is 0 Å². The highest BCUT2D eigenvalue weighted by Gasteiger charge is 2.36. The molecule has 0 spiro atoms. The minimum absolute atomic E-state index is 0.0400. The molecule has 100 valence electrons. The summed E-state index contributed by atoms with van der Waals surface area (Å²) in [4.78, 5) is 0. The number of ether oxygens (including phenoxy) is 2. The largest absolute Gasteiger partial charge is 0.396 e. The lowest BCUT2D eigenvalue weighted by Crippen LogP contribution is -2.38. The van der Waals surface area contributed by atoms with Crippen LogP contribution in [0, 0.1) is 5.92 Å². The van der Waals surface area contributed by atoms with Crippen LogP contribution in [-0.4, -0.2) is 42.8 Å². The van der Waals surface area contributed by atoms with Gasteiger partial charge in [-0.25, -0.2) is 0 Å². The third kappa shape index (κ3) is 3.65. The zero-order chi connectivity index (χ0) is 12.3. The first-order valence-electron chi connectivity index (χ1n) is 6.77. The van der Waals surface area contributed by atoms with E-state index in [9.17, 15) is 5.11 Å². The molecule has 2 N–H and O–H groups in total. The Morgan fingerprint density at radius 2 is 2.18 bits per heavy atom. The molecular weight excluding hydrogens is 218 g/mol. The number of aliphatic hydroxyl groups is 1. The zero-order valence-electron chi connectivity index (χ0n) is 10.9. The van der Waals surface area contributed by atoms with Crippen LogP contribution in [0.5, 0.6) is 0 Å². The molecule has 1 aliphatic heterocycles. The van der Waals surface area contributed by atoms with Gasteiger partial charge in [-0.15, -0.1) is 0 Å². The Bertz CT molecular complexity index is 241. The van der Waals surface area contributed by atoms with Gasteiger partial charge in [-0.2, -0.15) is 0 Å². The summed E-state index contributed by atoms with van der Waals surface area (Å²) in [6.45, 7) is 5.59. The maximum Gasteiger partial charge on any atom is 0.163 e. The van der Waals surface area contributed by atoms with E-state index in [0.29, 0.717) is 12.6 Å². The van der Waals surface area contributed by atoms with Gasteiger partial charge in [-0.05, 0) is 39.7 Å². The van der Waals surface area contributed by atoms with Crippen molar-refractivity contribution >= 4 is 0 Å². The van der Waals surface area contributed by atoms with Crippen LogP contribution >= 0.6 is 0 Å². The van der Waals surface area contributed by atoms with Gasteiger partial charge in [0.25, 0.3) is 0 Å². The minimum atomic E-state index is -0.487. The minimum Gasteiger partial charge on any atom is -0.396 e. The molecule has 0 aromatic carbocycles. The third-order valence-corrected chi connectivity index (χ3v) is 3.84. The monoisotopic (exact) mass is 243 g/mol. The second-order valence-electron chi connectivity index (χ2n) is 5.68. The molecule has 0 amide bonds. The summed E-state index contributed by atoms with van der Waals surface area (Å²) in [6.07, 6.45) is 4.96. The molecule has 2 unspecified atom stereocenters. The predicted octanol–water partition coefficient (Wildman–Crippen LogP) is 1.28. The van der Waals surface area contributed by atoms with Crippen molar-refractivity contribution in [2.45, 2.75) is 57.5 Å². The van der Waals surface area contributed by atoms with Gasteiger partial charge in [0, 0.05) is 18.6 Å². The molecule has 17 heavy (non-hydrogen) atoms. The van der Waals surface area contributed by atoms with Gasteiger partial charge < -0.3 is 19.9 Å². The van der Waals surface area contributed by atoms with Crippen molar-refractivity contribution < 1.29 is 14.6 Å². The van der Waals surface area contributed by atoms with Crippen molar-refractivity contribution in [2.24, 2.45) is 5.92 Å². The fourth-order valence-corrected chi connectivity index (χ4v) is 2.43. The smallest absolute Gasteiger partial charge is 0.163 e. The summed E-state index contributed by atoms with van der Waals surface area (Å²) >= 11 is 0. The lowest BCUT2D eigenvalue weighted by Gasteiger charge is -2.28. The standard InChI is InChI=1S/C13H25NO3/c1-13(2)16-9-12(17-13)10(8-15)6-7-14-11-4-3-5-11/h10-12,14-15H,3-9H2,1-2H3. The lowest BCUT2D eigenvalue weighted by atomic mass is 9.92. The van der Waals surface area contributed by atoms with Gasteiger partial charge in [0.2, 0.25) is 0 Å². The van der Waals surface area contributed by atoms with E-state index in [2.05, 4.69) is 5.32 Å². The maximum absolute atomic E-state index is 9.43. The van der Waals surface area contributed by atoms with E-state index in [-0.39, 0.29) is 18.6 Å². The lowest BCUT2D eigenvalue weighted by molar-refractivity contribution is -0.146. The molecule has 0 bridgehead atoms. The number of rotatable bonds is 6. The molecule has 1 aliphatic carbocycles. The van der Waals surface area contributed by atoms with Crippen LogP contribution in [0.4, 0.5) is 0 Å². The van der Waals surface area contributed by atoms with E-state index in [0.717, 1.165) is 13.0 Å². The summed E-state index contributed by atoms with van der Waals surface area (Å²) in [6, 6.07) is 0.714. The van der Waals surface area contributed by atoms with Crippen LogP contribution in [0.15, 0.2) is 0 Å². The summed E-state index contributed by atoms with van der Waals surface area (Å²) < 4.78 is 11.3. The SMILES string of the molecule is CC1(C)OCC(C(CO)CCNC2CCC2)O1. The van der Waals surface area contributed by atoms with E-state index in [1.807, 2.05) is 13.8 Å². The summed E-state index contributed by atoms with van der Waals surface area (Å²) in [7, 11) is 0. The van der Waals surface area contributed by atoms with Crippen molar-refractivity contribution in [3.63, 3.8) is 0 Å². The molecule has 2 atom stereocenters. The van der Waals surface area contributed by atoms with Gasteiger partial charge in [0.05, 0.1) is 12.7 Å². The van der Waals surface area contributed by atoms with Crippen molar-refractivity contribution in [1.29, 1.82) is 0 Å². The normalized spacial score (nSPS) is 30.2. The average Bonchev–Trinajstić information content (AvgIpc) is 2.56. The molecular formula is C13H25NO3. The van der Waals surface area contributed by atoms with Crippen LogP contribution in [-0.2, 0) is 9.47 Å². The molecule has 4 heteroatoms. The van der Waals surface area contributed by atoms with E-state index >= 15 is 0 Å². The van der Waals surface area contributed by atoms with E-state index in [4.69, 9.17) is 9.47 Å². The summed E-state index contributed by atoms with van der Waals surface area (Å²) in [5, 5.41) is 13.0. The van der Waals surface area contributed by atoms with E-state index < -0.39 is 5.79 Å². The quantitative estimate of drug-likeness (QED) is 0.738. The highest BCUT2D eigenvalue weighted by molar-refractivity contribution is 4.80. The molecule has 2 rings (SSSR count). The number of hydrogen-bond acceptors (Lipinski definition) is 4. The number of nitrogens with one attached hydrogen (secondary N) is 1. The molecule has 1 heterocycles. The van der Waals surface area contributed by atoms with Gasteiger partial charge >= 0.3 is 0 Å². The highest BCUT2D eigenvalue weighted by Crippen LogP contribution is 2.28. The maximum atomic E-state index is 9.43.